The first-order valence-corrected chi connectivity index (χ1v) is 7.01. The third-order valence-corrected chi connectivity index (χ3v) is 4.96. The SMILES string of the molecule is Cc1cncc(NC(=O)C2(N)C3CCOC3C2(C)C)c1. The molecule has 0 bridgehead atoms. The second-order valence-electron chi connectivity index (χ2n) is 6.48. The molecule has 3 unspecified atom stereocenters. The van der Waals surface area contributed by atoms with Crippen LogP contribution in [0.1, 0.15) is 25.8 Å². The molecule has 5 heteroatoms. The van der Waals surface area contributed by atoms with Crippen LogP contribution in [-0.4, -0.2) is 29.1 Å². The third kappa shape index (κ3) is 1.63. The highest BCUT2D eigenvalue weighted by Crippen LogP contribution is 2.58. The summed E-state index contributed by atoms with van der Waals surface area (Å²) in [6.45, 7) is 6.65. The van der Waals surface area contributed by atoms with Gasteiger partial charge in [0.15, 0.2) is 0 Å². The van der Waals surface area contributed by atoms with Gasteiger partial charge >= 0.3 is 0 Å². The highest BCUT2D eigenvalue weighted by Gasteiger charge is 2.71. The maximum atomic E-state index is 12.7. The van der Waals surface area contributed by atoms with E-state index >= 15 is 0 Å². The second kappa shape index (κ2) is 4.27. The summed E-state index contributed by atoms with van der Waals surface area (Å²) in [5, 5.41) is 2.91. The Bertz CT molecular complexity index is 558. The lowest BCUT2D eigenvalue weighted by molar-refractivity contribution is -0.170. The van der Waals surface area contributed by atoms with Crippen LogP contribution in [0, 0.1) is 18.3 Å². The van der Waals surface area contributed by atoms with Crippen LogP contribution in [0.4, 0.5) is 5.69 Å². The van der Waals surface area contributed by atoms with Crippen LogP contribution < -0.4 is 11.1 Å². The molecule has 3 N–H and O–H groups in total. The van der Waals surface area contributed by atoms with Gasteiger partial charge in [-0.2, -0.15) is 0 Å². The third-order valence-electron chi connectivity index (χ3n) is 4.96. The first kappa shape index (κ1) is 13.5. The van der Waals surface area contributed by atoms with Gasteiger partial charge in [0, 0.05) is 24.1 Å². The van der Waals surface area contributed by atoms with Gasteiger partial charge in [-0.05, 0) is 25.0 Å². The minimum absolute atomic E-state index is 0.0916. The van der Waals surface area contributed by atoms with Gasteiger partial charge in [0.05, 0.1) is 18.0 Å². The van der Waals surface area contributed by atoms with E-state index in [4.69, 9.17) is 10.5 Å². The number of anilines is 1. The normalized spacial score (nSPS) is 34.2. The number of nitrogens with two attached hydrogens (primary N) is 1. The van der Waals surface area contributed by atoms with Crippen LogP contribution in [0.15, 0.2) is 18.5 Å². The van der Waals surface area contributed by atoms with Crippen LogP contribution in [0.25, 0.3) is 0 Å². The fraction of sp³-hybridized carbons (Fsp3) is 0.600. The molecule has 2 aliphatic rings. The van der Waals surface area contributed by atoms with Gasteiger partial charge in [0.1, 0.15) is 5.54 Å². The lowest BCUT2D eigenvalue weighted by Gasteiger charge is -2.60. The number of nitrogens with one attached hydrogen (secondary N) is 1. The molecule has 1 saturated carbocycles. The highest BCUT2D eigenvalue weighted by molar-refractivity contribution is 6.00. The van der Waals surface area contributed by atoms with E-state index in [9.17, 15) is 4.79 Å². The average molecular weight is 275 g/mol. The molecular formula is C15H21N3O2. The lowest BCUT2D eigenvalue weighted by atomic mass is 9.48. The van der Waals surface area contributed by atoms with E-state index in [2.05, 4.69) is 10.3 Å². The summed E-state index contributed by atoms with van der Waals surface area (Å²) in [4.78, 5) is 16.8. The van der Waals surface area contributed by atoms with E-state index in [1.807, 2.05) is 26.8 Å². The van der Waals surface area contributed by atoms with Gasteiger partial charge in [0.2, 0.25) is 5.91 Å². The van der Waals surface area contributed by atoms with Crippen LogP contribution in [0.2, 0.25) is 0 Å². The van der Waals surface area contributed by atoms with Crippen molar-refractivity contribution >= 4 is 11.6 Å². The molecule has 1 aliphatic heterocycles. The topological polar surface area (TPSA) is 77.2 Å². The molecule has 2 fully saturated rings. The van der Waals surface area contributed by atoms with E-state index in [1.165, 1.54) is 0 Å². The number of hydrogen-bond acceptors (Lipinski definition) is 4. The van der Waals surface area contributed by atoms with Crippen molar-refractivity contribution in [2.45, 2.75) is 38.8 Å². The van der Waals surface area contributed by atoms with Crippen molar-refractivity contribution in [1.82, 2.24) is 4.98 Å². The highest BCUT2D eigenvalue weighted by atomic mass is 16.5. The van der Waals surface area contributed by atoms with E-state index in [0.29, 0.717) is 12.3 Å². The first-order valence-electron chi connectivity index (χ1n) is 7.01. The number of rotatable bonds is 2. The van der Waals surface area contributed by atoms with Crippen LogP contribution in [0.5, 0.6) is 0 Å². The van der Waals surface area contributed by atoms with Crippen molar-refractivity contribution in [2.75, 3.05) is 11.9 Å². The lowest BCUT2D eigenvalue weighted by Crippen LogP contribution is -2.79. The van der Waals surface area contributed by atoms with Crippen LogP contribution in [-0.2, 0) is 9.53 Å². The molecule has 3 rings (SSSR count). The fourth-order valence-electron chi connectivity index (χ4n) is 3.70. The molecule has 1 aromatic rings. The fourth-order valence-corrected chi connectivity index (χ4v) is 3.70. The van der Waals surface area contributed by atoms with Crippen LogP contribution in [0.3, 0.4) is 0 Å². The Balaban J connectivity index is 1.83. The molecule has 108 valence electrons. The average Bonchev–Trinajstić information content (AvgIpc) is 2.85. The smallest absolute Gasteiger partial charge is 0.245 e. The largest absolute Gasteiger partial charge is 0.377 e. The van der Waals surface area contributed by atoms with Gasteiger partial charge < -0.3 is 15.8 Å². The Hall–Kier alpha value is -1.46. The number of nitrogens with zero attached hydrogens (tertiary/aromatic N) is 1. The molecule has 0 aromatic carbocycles. The standard InChI is InChI=1S/C15H21N3O2/c1-9-6-10(8-17-7-9)18-13(19)15(16)11-4-5-20-12(11)14(15,2)3/h6-8,11-12H,4-5,16H2,1-3H3,(H,18,19). The van der Waals surface area contributed by atoms with Gasteiger partial charge in [-0.3, -0.25) is 9.78 Å². The Labute approximate surface area is 118 Å². The number of aromatic nitrogens is 1. The Morgan fingerprint density at radius 2 is 2.25 bits per heavy atom. The summed E-state index contributed by atoms with van der Waals surface area (Å²) in [6, 6.07) is 1.89. The number of hydrogen-bond donors (Lipinski definition) is 2. The molecule has 1 amide bonds. The number of fused-ring (bicyclic) bond motifs is 1. The zero-order chi connectivity index (χ0) is 14.5. The zero-order valence-electron chi connectivity index (χ0n) is 12.1. The van der Waals surface area contributed by atoms with Crippen molar-refractivity contribution in [1.29, 1.82) is 0 Å². The molecule has 1 aliphatic carbocycles. The summed E-state index contributed by atoms with van der Waals surface area (Å²) < 4.78 is 5.71. The number of amides is 1. The van der Waals surface area contributed by atoms with Crippen LogP contribution >= 0.6 is 0 Å². The number of aryl methyl sites for hydroxylation is 1. The van der Waals surface area contributed by atoms with Gasteiger partial charge in [-0.15, -0.1) is 0 Å². The predicted octanol–water partition coefficient (Wildman–Crippen LogP) is 1.47. The van der Waals surface area contributed by atoms with Crippen molar-refractivity contribution < 1.29 is 9.53 Å². The van der Waals surface area contributed by atoms with E-state index < -0.39 is 5.54 Å². The quantitative estimate of drug-likeness (QED) is 0.857. The summed E-state index contributed by atoms with van der Waals surface area (Å²) in [5.74, 6) is -0.0306. The summed E-state index contributed by atoms with van der Waals surface area (Å²) >= 11 is 0. The van der Waals surface area contributed by atoms with Gasteiger partial charge in [-0.25, -0.2) is 0 Å². The van der Waals surface area contributed by atoms with E-state index in [-0.39, 0.29) is 23.3 Å². The van der Waals surface area contributed by atoms with Gasteiger partial charge in [-0.1, -0.05) is 13.8 Å². The second-order valence-corrected chi connectivity index (χ2v) is 6.48. The number of carbonyl (C=O) groups is 1. The maximum absolute atomic E-state index is 12.7. The summed E-state index contributed by atoms with van der Waals surface area (Å²) in [7, 11) is 0. The molecule has 5 nitrogen and oxygen atoms in total. The van der Waals surface area contributed by atoms with E-state index in [1.54, 1.807) is 12.4 Å². The minimum Gasteiger partial charge on any atom is -0.377 e. The predicted molar refractivity (Wildman–Crippen MR) is 76.2 cm³/mol. The minimum atomic E-state index is -0.877. The number of carbonyl (C=O) groups excluding carboxylic acids is 1. The number of pyridine rings is 1. The molecule has 0 spiro atoms. The van der Waals surface area contributed by atoms with Crippen molar-refractivity contribution in [3.05, 3.63) is 24.0 Å². The summed E-state index contributed by atoms with van der Waals surface area (Å²) in [5.41, 5.74) is 6.95. The molecular weight excluding hydrogens is 254 g/mol. The van der Waals surface area contributed by atoms with Crippen molar-refractivity contribution in [2.24, 2.45) is 17.1 Å². The van der Waals surface area contributed by atoms with Crippen molar-refractivity contribution in [3.63, 3.8) is 0 Å². The maximum Gasteiger partial charge on any atom is 0.245 e. The zero-order valence-corrected chi connectivity index (χ0v) is 12.1. The number of ether oxygens (including phenoxy) is 1. The van der Waals surface area contributed by atoms with E-state index in [0.717, 1.165) is 12.0 Å². The molecule has 2 heterocycles. The summed E-state index contributed by atoms with van der Waals surface area (Å²) in [6.07, 6.45) is 4.34. The van der Waals surface area contributed by atoms with Gasteiger partial charge in [0.25, 0.3) is 0 Å². The Kier molecular flexibility index (Phi) is 2.88. The molecule has 3 atom stereocenters. The first-order chi connectivity index (χ1) is 9.37. The molecule has 20 heavy (non-hydrogen) atoms. The Morgan fingerprint density at radius 3 is 2.95 bits per heavy atom. The molecule has 0 radical (unpaired) electrons. The molecule has 1 saturated heterocycles. The Morgan fingerprint density at radius 1 is 1.50 bits per heavy atom. The molecule has 1 aromatic heterocycles. The monoisotopic (exact) mass is 275 g/mol. The van der Waals surface area contributed by atoms with Crippen molar-refractivity contribution in [3.8, 4) is 0 Å².